The van der Waals surface area contributed by atoms with Crippen LogP contribution >= 0.6 is 11.3 Å². The van der Waals surface area contributed by atoms with Crippen LogP contribution in [0.25, 0.3) is 0 Å². The van der Waals surface area contributed by atoms with Crippen molar-refractivity contribution < 1.29 is 4.74 Å². The van der Waals surface area contributed by atoms with Crippen molar-refractivity contribution in [2.45, 2.75) is 6.61 Å². The summed E-state index contributed by atoms with van der Waals surface area (Å²) < 4.78 is 5.69. The zero-order valence-electron chi connectivity index (χ0n) is 9.88. The Bertz CT molecular complexity index is 483. The first-order valence-corrected chi connectivity index (χ1v) is 6.12. The molecule has 0 spiro atoms. The highest BCUT2D eigenvalue weighted by molar-refractivity contribution is 7.09. The molecule has 4 nitrogen and oxygen atoms in total. The predicted molar refractivity (Wildman–Crippen MR) is 71.6 cm³/mol. The van der Waals surface area contributed by atoms with E-state index in [1.165, 1.54) is 0 Å². The molecule has 0 aliphatic carbocycles. The maximum atomic E-state index is 5.87. The van der Waals surface area contributed by atoms with Crippen molar-refractivity contribution in [2.24, 2.45) is 0 Å². The molecular weight excluding hydrogens is 234 g/mol. The smallest absolute Gasteiger partial charge is 0.144 e. The molecule has 2 aromatic rings. The summed E-state index contributed by atoms with van der Waals surface area (Å²) in [6.07, 6.45) is 1.80. The highest BCUT2D eigenvalue weighted by atomic mass is 32.1. The molecule has 0 unspecified atom stereocenters. The molecule has 1 aromatic heterocycles. The van der Waals surface area contributed by atoms with Gasteiger partial charge in [0.1, 0.15) is 12.4 Å². The number of anilines is 2. The van der Waals surface area contributed by atoms with Gasteiger partial charge in [0.2, 0.25) is 0 Å². The van der Waals surface area contributed by atoms with Gasteiger partial charge in [0.15, 0.2) is 0 Å². The van der Waals surface area contributed by atoms with Crippen LogP contribution in [0.15, 0.2) is 29.9 Å². The minimum atomic E-state index is 0.506. The fourth-order valence-corrected chi connectivity index (χ4v) is 1.89. The van der Waals surface area contributed by atoms with Gasteiger partial charge in [-0.1, -0.05) is 0 Å². The highest BCUT2D eigenvalue weighted by Crippen LogP contribution is 2.27. The fourth-order valence-electron chi connectivity index (χ4n) is 1.39. The molecule has 2 rings (SSSR count). The van der Waals surface area contributed by atoms with Crippen molar-refractivity contribution >= 4 is 22.7 Å². The minimum Gasteiger partial charge on any atom is -0.486 e. The third-order valence-electron chi connectivity index (χ3n) is 2.37. The molecule has 2 N–H and O–H groups in total. The predicted octanol–water partition coefficient (Wildman–Crippen LogP) is 2.37. The highest BCUT2D eigenvalue weighted by Gasteiger charge is 2.04. The molecule has 1 aromatic carbocycles. The van der Waals surface area contributed by atoms with Gasteiger partial charge in [-0.25, -0.2) is 0 Å². The Morgan fingerprint density at radius 1 is 1.41 bits per heavy atom. The number of hydrogen-bond acceptors (Lipinski definition) is 5. The first-order valence-electron chi connectivity index (χ1n) is 5.24. The Balaban J connectivity index is 2.11. The maximum absolute atomic E-state index is 5.87. The van der Waals surface area contributed by atoms with Gasteiger partial charge in [-0.05, 0) is 12.1 Å². The number of thiazole rings is 1. The van der Waals surface area contributed by atoms with Gasteiger partial charge >= 0.3 is 0 Å². The van der Waals surface area contributed by atoms with Crippen molar-refractivity contribution in [2.75, 3.05) is 24.7 Å². The van der Waals surface area contributed by atoms with Gasteiger partial charge in [-0.15, -0.1) is 11.3 Å². The molecule has 0 bridgehead atoms. The molecule has 5 heteroatoms. The minimum absolute atomic E-state index is 0.506. The van der Waals surface area contributed by atoms with Crippen molar-refractivity contribution in [3.05, 3.63) is 34.8 Å². The summed E-state index contributed by atoms with van der Waals surface area (Å²) in [5, 5.41) is 0. The molecule has 0 saturated heterocycles. The molecule has 90 valence electrons. The van der Waals surface area contributed by atoms with Gasteiger partial charge < -0.3 is 15.4 Å². The summed E-state index contributed by atoms with van der Waals surface area (Å²) in [6.45, 7) is 0.506. The number of aromatic nitrogens is 1. The Hall–Kier alpha value is -1.75. The van der Waals surface area contributed by atoms with E-state index in [9.17, 15) is 0 Å². The largest absolute Gasteiger partial charge is 0.486 e. The number of rotatable bonds is 4. The topological polar surface area (TPSA) is 51.4 Å². The van der Waals surface area contributed by atoms with Crippen LogP contribution in [-0.2, 0) is 6.61 Å². The third-order valence-corrected chi connectivity index (χ3v) is 3.12. The van der Waals surface area contributed by atoms with Crippen molar-refractivity contribution in [3.8, 4) is 5.75 Å². The second kappa shape index (κ2) is 5.05. The van der Waals surface area contributed by atoms with Crippen LogP contribution in [-0.4, -0.2) is 19.1 Å². The average Bonchev–Trinajstić information content (AvgIpc) is 2.80. The van der Waals surface area contributed by atoms with Crippen molar-refractivity contribution in [1.82, 2.24) is 4.98 Å². The lowest BCUT2D eigenvalue weighted by Crippen LogP contribution is -2.09. The zero-order valence-corrected chi connectivity index (χ0v) is 10.7. The average molecular weight is 249 g/mol. The summed E-state index contributed by atoms with van der Waals surface area (Å²) in [7, 11) is 3.97. The van der Waals surface area contributed by atoms with Crippen LogP contribution in [0, 0.1) is 0 Å². The van der Waals surface area contributed by atoms with Crippen LogP contribution in [0.5, 0.6) is 5.75 Å². The number of ether oxygens (including phenoxy) is 1. The lowest BCUT2D eigenvalue weighted by molar-refractivity contribution is 0.311. The van der Waals surface area contributed by atoms with Crippen molar-refractivity contribution in [3.63, 3.8) is 0 Å². The summed E-state index contributed by atoms with van der Waals surface area (Å²) in [4.78, 5) is 7.10. The second-order valence-corrected chi connectivity index (χ2v) is 4.84. The Labute approximate surface area is 105 Å². The van der Waals surface area contributed by atoms with Crippen LogP contribution in [0.3, 0.4) is 0 Å². The lowest BCUT2D eigenvalue weighted by Gasteiger charge is -2.15. The number of nitrogens with two attached hydrogens (primary N) is 1. The molecule has 0 atom stereocenters. The van der Waals surface area contributed by atoms with E-state index in [-0.39, 0.29) is 0 Å². The molecule has 0 fully saturated rings. The van der Waals surface area contributed by atoms with Gasteiger partial charge in [0.25, 0.3) is 0 Å². The Kier molecular flexibility index (Phi) is 3.49. The summed E-state index contributed by atoms with van der Waals surface area (Å²) in [5.41, 5.74) is 9.38. The van der Waals surface area contributed by atoms with E-state index in [0.29, 0.717) is 18.0 Å². The molecule has 0 saturated carbocycles. The third kappa shape index (κ3) is 2.88. The van der Waals surface area contributed by atoms with Gasteiger partial charge in [0, 0.05) is 32.0 Å². The molecule has 0 aliphatic rings. The first-order chi connectivity index (χ1) is 8.16. The Morgan fingerprint density at radius 3 is 2.88 bits per heavy atom. The number of nitrogens with zero attached hydrogens (tertiary/aromatic N) is 2. The first kappa shape index (κ1) is 11.7. The fraction of sp³-hybridized carbons (Fsp3) is 0.250. The van der Waals surface area contributed by atoms with E-state index >= 15 is 0 Å². The normalized spacial score (nSPS) is 10.2. The van der Waals surface area contributed by atoms with E-state index in [2.05, 4.69) is 4.98 Å². The van der Waals surface area contributed by atoms with E-state index in [0.717, 1.165) is 10.6 Å². The number of benzene rings is 1. The van der Waals surface area contributed by atoms with E-state index in [1.807, 2.05) is 37.2 Å². The summed E-state index contributed by atoms with van der Waals surface area (Å²) in [5.74, 6) is 0.713. The van der Waals surface area contributed by atoms with Crippen LogP contribution in [0.2, 0.25) is 0 Å². The molecule has 1 heterocycles. The van der Waals surface area contributed by atoms with Gasteiger partial charge in [-0.3, -0.25) is 4.98 Å². The van der Waals surface area contributed by atoms with E-state index < -0.39 is 0 Å². The van der Waals surface area contributed by atoms with Crippen molar-refractivity contribution in [1.29, 1.82) is 0 Å². The maximum Gasteiger partial charge on any atom is 0.144 e. The van der Waals surface area contributed by atoms with Gasteiger partial charge in [-0.2, -0.15) is 0 Å². The summed E-state index contributed by atoms with van der Waals surface area (Å²) in [6, 6.07) is 5.77. The molecule has 17 heavy (non-hydrogen) atoms. The SMILES string of the molecule is CN(C)c1ccc(N)c(OCc2cncs2)c1. The van der Waals surface area contributed by atoms with E-state index in [1.54, 1.807) is 23.0 Å². The van der Waals surface area contributed by atoms with Crippen LogP contribution in [0.1, 0.15) is 4.88 Å². The number of nitrogen functional groups attached to an aromatic ring is 1. The zero-order chi connectivity index (χ0) is 12.3. The number of hydrogen-bond donors (Lipinski definition) is 1. The van der Waals surface area contributed by atoms with Gasteiger partial charge in [0.05, 0.1) is 16.1 Å². The molecule has 0 aliphatic heterocycles. The van der Waals surface area contributed by atoms with Crippen LogP contribution in [0.4, 0.5) is 11.4 Å². The monoisotopic (exact) mass is 249 g/mol. The molecular formula is C12H15N3OS. The van der Waals surface area contributed by atoms with Crippen LogP contribution < -0.4 is 15.4 Å². The summed E-state index contributed by atoms with van der Waals surface area (Å²) >= 11 is 1.57. The molecule has 0 radical (unpaired) electrons. The lowest BCUT2D eigenvalue weighted by atomic mass is 10.2. The van der Waals surface area contributed by atoms with E-state index in [4.69, 9.17) is 10.5 Å². The standard InChI is InChI=1S/C12H15N3OS/c1-15(2)9-3-4-11(13)12(5-9)16-7-10-6-14-8-17-10/h3-6,8H,7,13H2,1-2H3. The second-order valence-electron chi connectivity index (χ2n) is 3.87. The Morgan fingerprint density at radius 2 is 2.24 bits per heavy atom. The molecule has 0 amide bonds. The quantitative estimate of drug-likeness (QED) is 0.845.